The number of hydrogen-bond donors (Lipinski definition) is 5. The molecule has 5 heterocycles. The van der Waals surface area contributed by atoms with Crippen molar-refractivity contribution in [2.75, 3.05) is 19.6 Å². The minimum absolute atomic E-state index is 0.370. The van der Waals surface area contributed by atoms with E-state index >= 15 is 0 Å². The molecule has 1 fully saturated rings. The van der Waals surface area contributed by atoms with Crippen molar-refractivity contribution in [2.45, 2.75) is 49.9 Å². The van der Waals surface area contributed by atoms with E-state index in [-0.39, 0.29) is 0 Å². The van der Waals surface area contributed by atoms with Crippen LogP contribution in [0.1, 0.15) is 49.9 Å². The molecule has 0 atom stereocenters. The summed E-state index contributed by atoms with van der Waals surface area (Å²) in [6, 6.07) is 2.68. The zero-order valence-corrected chi connectivity index (χ0v) is 19.8. The molecule has 1 saturated heterocycles. The van der Waals surface area contributed by atoms with Gasteiger partial charge in [0.25, 0.3) is 11.1 Å². The smallest absolute Gasteiger partial charge is 0.325 e. The van der Waals surface area contributed by atoms with E-state index in [1.807, 2.05) is 4.90 Å². The van der Waals surface area contributed by atoms with E-state index in [4.69, 9.17) is 17.0 Å². The molecule has 0 radical (unpaired) electrons. The molecular weight excluding hydrogens is 476 g/mol. The first-order chi connectivity index (χ1) is 16.8. The molecule has 13 heteroatoms. The molecular formula is C22H27ClN8O4. The van der Waals surface area contributed by atoms with Crippen molar-refractivity contribution >= 4 is 28.9 Å². The number of likely N-dealkylation sites (tertiary alicyclic amines) is 1. The lowest BCUT2D eigenvalue weighted by Crippen LogP contribution is -2.41. The summed E-state index contributed by atoms with van der Waals surface area (Å²) in [7, 11) is 0. The van der Waals surface area contributed by atoms with Gasteiger partial charge in [0.05, 0.1) is 18.1 Å². The molecule has 186 valence electrons. The van der Waals surface area contributed by atoms with Gasteiger partial charge in [-0.05, 0) is 32.1 Å². The molecule has 35 heavy (non-hydrogen) atoms. The largest absolute Gasteiger partial charge is 0.355 e. The fourth-order valence-electron chi connectivity index (χ4n) is 4.49. The molecule has 0 saturated carbocycles. The van der Waals surface area contributed by atoms with Crippen molar-refractivity contribution in [3.05, 3.63) is 65.2 Å². The second kappa shape index (κ2) is 10.4. The molecule has 5 rings (SSSR count). The lowest BCUT2D eigenvalue weighted by Gasteiger charge is -2.27. The number of rotatable bonds is 5. The zero-order chi connectivity index (χ0) is 25.0. The Morgan fingerprint density at radius 1 is 0.857 bits per heavy atom. The highest BCUT2D eigenvalue weighted by molar-refractivity contribution is 6.48. The predicted octanol–water partition coefficient (Wildman–Crippen LogP) is 0.603. The number of halogens is 1. The van der Waals surface area contributed by atoms with Crippen LogP contribution in [0.25, 0.3) is 0 Å². The van der Waals surface area contributed by atoms with Gasteiger partial charge in [0.1, 0.15) is 0 Å². The maximum atomic E-state index is 11.6. The Bertz CT molecular complexity index is 1320. The molecule has 0 spiro atoms. The van der Waals surface area contributed by atoms with Crippen LogP contribution in [0, 0.1) is 5.41 Å². The number of aliphatic imine (C=N–C) groups is 2. The minimum Gasteiger partial charge on any atom is -0.355 e. The molecule has 2 aromatic rings. The molecule has 3 aliphatic heterocycles. The molecule has 0 amide bonds. The fraction of sp³-hybridized carbons (Fsp3) is 0.500. The van der Waals surface area contributed by atoms with E-state index in [0.29, 0.717) is 23.8 Å². The van der Waals surface area contributed by atoms with E-state index in [1.165, 1.54) is 12.1 Å². The van der Waals surface area contributed by atoms with Gasteiger partial charge < -0.3 is 14.9 Å². The second-order valence-corrected chi connectivity index (χ2v) is 9.18. The molecule has 0 bridgehead atoms. The SMILES string of the molecule is N=C1CCCN1Cc1cc(=O)[nH]c(=O)[nH]1.O=c1cc(C(Cl)(C2=NCCC2)C2=NCCC2)[nH]c(=O)[nH]1. The van der Waals surface area contributed by atoms with Crippen LogP contribution in [0.2, 0.25) is 0 Å². The molecule has 0 aliphatic carbocycles. The highest BCUT2D eigenvalue weighted by Crippen LogP contribution is 2.37. The van der Waals surface area contributed by atoms with E-state index in [9.17, 15) is 19.2 Å². The topological polar surface area (TPSA) is 183 Å². The number of nitrogens with zero attached hydrogens (tertiary/aromatic N) is 3. The van der Waals surface area contributed by atoms with Gasteiger partial charge in [0.2, 0.25) is 0 Å². The lowest BCUT2D eigenvalue weighted by molar-refractivity contribution is 0.438. The van der Waals surface area contributed by atoms with Crippen molar-refractivity contribution in [3.8, 4) is 0 Å². The average molecular weight is 503 g/mol. The average Bonchev–Trinajstić information content (AvgIpc) is 3.57. The van der Waals surface area contributed by atoms with Crippen LogP contribution in [0.4, 0.5) is 0 Å². The number of aromatic amines is 4. The van der Waals surface area contributed by atoms with E-state index < -0.39 is 27.4 Å². The van der Waals surface area contributed by atoms with Crippen LogP contribution in [0.5, 0.6) is 0 Å². The van der Waals surface area contributed by atoms with Gasteiger partial charge in [0, 0.05) is 55.3 Å². The van der Waals surface area contributed by atoms with E-state index in [0.717, 1.165) is 69.6 Å². The summed E-state index contributed by atoms with van der Waals surface area (Å²) in [5.74, 6) is 0.566. The Hall–Kier alpha value is -3.54. The highest BCUT2D eigenvalue weighted by atomic mass is 35.5. The fourth-order valence-corrected chi connectivity index (χ4v) is 4.90. The van der Waals surface area contributed by atoms with Crippen LogP contribution in [-0.4, -0.2) is 61.7 Å². The van der Waals surface area contributed by atoms with Crippen LogP contribution < -0.4 is 22.5 Å². The van der Waals surface area contributed by atoms with E-state index in [2.05, 4.69) is 29.9 Å². The second-order valence-electron chi connectivity index (χ2n) is 8.61. The Balaban J connectivity index is 0.000000172. The Morgan fingerprint density at radius 3 is 1.94 bits per heavy atom. The number of aromatic nitrogens is 4. The molecule has 5 N–H and O–H groups in total. The van der Waals surface area contributed by atoms with Gasteiger partial charge >= 0.3 is 11.4 Å². The van der Waals surface area contributed by atoms with Gasteiger partial charge in [0.15, 0.2) is 4.87 Å². The Labute approximate surface area is 204 Å². The predicted molar refractivity (Wildman–Crippen MR) is 133 cm³/mol. The molecule has 0 aromatic carbocycles. The van der Waals surface area contributed by atoms with E-state index in [1.54, 1.807) is 0 Å². The summed E-state index contributed by atoms with van der Waals surface area (Å²) in [6.45, 7) is 2.70. The lowest BCUT2D eigenvalue weighted by atomic mass is 9.89. The summed E-state index contributed by atoms with van der Waals surface area (Å²) < 4.78 is 0. The van der Waals surface area contributed by atoms with Crippen molar-refractivity contribution in [2.24, 2.45) is 9.98 Å². The third-order valence-corrected chi connectivity index (χ3v) is 6.72. The molecule has 12 nitrogen and oxygen atoms in total. The summed E-state index contributed by atoms with van der Waals surface area (Å²) in [5, 5.41) is 7.61. The van der Waals surface area contributed by atoms with Gasteiger partial charge in [-0.2, -0.15) is 0 Å². The number of nitrogens with one attached hydrogen (secondary N) is 5. The maximum Gasteiger partial charge on any atom is 0.325 e. The summed E-state index contributed by atoms with van der Waals surface area (Å²) >= 11 is 6.84. The zero-order valence-electron chi connectivity index (χ0n) is 19.1. The first kappa shape index (κ1) is 24.6. The van der Waals surface area contributed by atoms with Gasteiger partial charge in [-0.3, -0.25) is 35.0 Å². The van der Waals surface area contributed by atoms with Crippen LogP contribution in [0.3, 0.4) is 0 Å². The first-order valence-corrected chi connectivity index (χ1v) is 11.9. The first-order valence-electron chi connectivity index (χ1n) is 11.5. The summed E-state index contributed by atoms with van der Waals surface area (Å²) in [4.78, 5) is 64.3. The molecule has 2 aromatic heterocycles. The standard InChI is InChI=1S/C13H15ClN4O2.C9H12N4O2/c14-13(8-3-1-5-15-8,9-4-2-6-16-9)10-7-11(19)18-12(20)17-10;10-7-2-1-3-13(7)5-6-4-8(14)12-9(15)11-6/h7H,1-6H2,(H2,17,18,19,20);4,10H,1-3,5H2,(H2,11,12,14,15). The van der Waals surface area contributed by atoms with Crippen LogP contribution >= 0.6 is 11.6 Å². The normalized spacial score (nSPS) is 17.7. The van der Waals surface area contributed by atoms with Gasteiger partial charge in [-0.15, -0.1) is 0 Å². The number of H-pyrrole nitrogens is 4. The molecule has 0 unspecified atom stereocenters. The summed E-state index contributed by atoms with van der Waals surface area (Å²) in [6.07, 6.45) is 5.13. The number of hydrogen-bond acceptors (Lipinski definition) is 7. The van der Waals surface area contributed by atoms with Gasteiger partial charge in [-0.25, -0.2) is 9.59 Å². The van der Waals surface area contributed by atoms with Crippen molar-refractivity contribution in [1.29, 1.82) is 5.41 Å². The summed E-state index contributed by atoms with van der Waals surface area (Å²) in [5.41, 5.74) is 0.579. The number of amidine groups is 1. The van der Waals surface area contributed by atoms with Gasteiger partial charge in [-0.1, -0.05) is 11.6 Å². The Kier molecular flexibility index (Phi) is 7.29. The third-order valence-electron chi connectivity index (χ3n) is 6.08. The maximum absolute atomic E-state index is 11.6. The third kappa shape index (κ3) is 5.59. The monoisotopic (exact) mass is 502 g/mol. The van der Waals surface area contributed by atoms with Crippen molar-refractivity contribution in [3.63, 3.8) is 0 Å². The number of alkyl halides is 1. The van der Waals surface area contributed by atoms with Crippen molar-refractivity contribution in [1.82, 2.24) is 24.8 Å². The quantitative estimate of drug-likeness (QED) is 0.374. The van der Waals surface area contributed by atoms with Crippen LogP contribution in [0.15, 0.2) is 41.3 Å². The minimum atomic E-state index is -1.07. The van der Waals surface area contributed by atoms with Crippen molar-refractivity contribution < 1.29 is 0 Å². The highest BCUT2D eigenvalue weighted by Gasteiger charge is 2.43. The molecule has 3 aliphatic rings. The Morgan fingerprint density at radius 2 is 1.46 bits per heavy atom. The van der Waals surface area contributed by atoms with Crippen LogP contribution in [-0.2, 0) is 11.4 Å².